The van der Waals surface area contributed by atoms with Crippen LogP contribution in [0.3, 0.4) is 0 Å². The molecule has 0 radical (unpaired) electrons. The molecule has 1 aliphatic rings. The lowest BCUT2D eigenvalue weighted by molar-refractivity contribution is 0.0692. The maximum Gasteiger partial charge on any atom is 0.280 e. The van der Waals surface area contributed by atoms with Crippen LogP contribution in [0.4, 0.5) is 14.6 Å². The molecule has 1 saturated heterocycles. The molecule has 0 saturated carbocycles. The average molecular weight is 554 g/mol. The van der Waals surface area contributed by atoms with E-state index in [1.807, 2.05) is 41.5 Å². The number of nitrogens with one attached hydrogen (secondary N) is 2. The molecule has 1 unspecified atom stereocenters. The maximum absolute atomic E-state index is 14.2. The summed E-state index contributed by atoms with van der Waals surface area (Å²) in [5.74, 6) is -0.687. The van der Waals surface area contributed by atoms with E-state index in [1.54, 1.807) is 18.7 Å². The fourth-order valence-electron chi connectivity index (χ4n) is 3.78. The minimum atomic E-state index is -2.83. The number of carbonyl (C=O) groups excluding carboxylic acids is 2. The first kappa shape index (κ1) is 31.6. The number of thiazole rings is 1. The second-order valence-corrected chi connectivity index (χ2v) is 12.1. The quantitative estimate of drug-likeness (QED) is 0.384. The number of nitrogens with zero attached hydrogens (tertiary/aromatic N) is 3. The lowest BCUT2D eigenvalue weighted by Gasteiger charge is -2.21. The third-order valence-corrected chi connectivity index (χ3v) is 6.82. The smallest absolute Gasteiger partial charge is 0.280 e. The number of alkyl halides is 2. The molecule has 2 aromatic rings. The van der Waals surface area contributed by atoms with E-state index in [2.05, 4.69) is 20.6 Å². The summed E-state index contributed by atoms with van der Waals surface area (Å²) < 4.78 is 28.4. The number of pyridine rings is 1. The van der Waals surface area contributed by atoms with Crippen molar-refractivity contribution in [1.82, 2.24) is 20.2 Å². The van der Waals surface area contributed by atoms with E-state index < -0.39 is 23.8 Å². The number of hydrogen-bond donors (Lipinski definition) is 3. The number of amides is 2. The van der Waals surface area contributed by atoms with Crippen LogP contribution in [0.1, 0.15) is 101 Å². The van der Waals surface area contributed by atoms with Gasteiger partial charge in [0.15, 0.2) is 5.01 Å². The minimum absolute atomic E-state index is 0.0174. The molecular formula is C27H41F2N5O3S. The Bertz CT molecular complexity index is 1110. The van der Waals surface area contributed by atoms with E-state index in [9.17, 15) is 23.5 Å². The number of aliphatic hydroxyl groups is 1. The molecule has 1 aliphatic heterocycles. The molecule has 3 rings (SSSR count). The van der Waals surface area contributed by atoms with Gasteiger partial charge in [0, 0.05) is 43.0 Å². The van der Waals surface area contributed by atoms with Gasteiger partial charge in [-0.15, -0.1) is 11.3 Å². The van der Waals surface area contributed by atoms with Gasteiger partial charge in [0.1, 0.15) is 11.5 Å². The average Bonchev–Trinajstić information content (AvgIpc) is 3.47. The second-order valence-electron chi connectivity index (χ2n) is 11.1. The van der Waals surface area contributed by atoms with Gasteiger partial charge in [-0.25, -0.2) is 18.7 Å². The van der Waals surface area contributed by atoms with Crippen LogP contribution >= 0.6 is 11.3 Å². The van der Waals surface area contributed by atoms with Crippen molar-refractivity contribution in [2.45, 2.75) is 86.3 Å². The van der Waals surface area contributed by atoms with Crippen molar-refractivity contribution in [1.29, 1.82) is 0 Å². The molecule has 3 N–H and O–H groups in total. The van der Waals surface area contributed by atoms with Crippen LogP contribution < -0.4 is 10.6 Å². The molecule has 0 aromatic carbocycles. The molecule has 38 heavy (non-hydrogen) atoms. The highest BCUT2D eigenvalue weighted by atomic mass is 32.1. The van der Waals surface area contributed by atoms with Gasteiger partial charge in [0.2, 0.25) is 0 Å². The highest BCUT2D eigenvalue weighted by molar-refractivity contribution is 7.17. The number of halogens is 2. The molecule has 1 fully saturated rings. The molecule has 2 aromatic heterocycles. The van der Waals surface area contributed by atoms with Crippen LogP contribution in [0.25, 0.3) is 10.4 Å². The number of hydrogen-bond acceptors (Lipinski definition) is 7. The SMILES string of the molecule is CC.CC1CCCN1C(=O)c1nc(C(=O)NCC(C)(C)O)sc1-c1cnc(NCC(C)(C)C)cc1C(F)F. The molecule has 0 spiro atoms. The van der Waals surface area contributed by atoms with Gasteiger partial charge in [0.05, 0.1) is 10.5 Å². The molecule has 3 heterocycles. The first-order valence-electron chi connectivity index (χ1n) is 13.0. The van der Waals surface area contributed by atoms with E-state index in [4.69, 9.17) is 0 Å². The minimum Gasteiger partial charge on any atom is -0.389 e. The Kier molecular flexibility index (Phi) is 10.7. The number of carbonyl (C=O) groups is 2. The van der Waals surface area contributed by atoms with Crippen LogP contribution in [-0.4, -0.2) is 63.1 Å². The Morgan fingerprint density at radius 3 is 2.39 bits per heavy atom. The molecule has 0 aliphatic carbocycles. The van der Waals surface area contributed by atoms with Gasteiger partial charge < -0.3 is 20.6 Å². The lowest BCUT2D eigenvalue weighted by Crippen LogP contribution is -2.38. The zero-order valence-corrected chi connectivity index (χ0v) is 24.4. The standard InChI is InChI=1S/C25H35F2N5O3S.C2H6/c1-14-8-7-9-32(14)23(34)18-19(36-22(31-18)21(33)30-13-25(5,6)35)16-11-28-17(10-15(16)20(26)27)29-12-24(2,3)4;1-2/h10-11,14,20,35H,7-9,12-13H2,1-6H3,(H,28,29)(H,30,33);1-2H3. The second kappa shape index (κ2) is 12.9. The molecule has 2 amide bonds. The van der Waals surface area contributed by atoms with Gasteiger partial charge in [-0.05, 0) is 45.1 Å². The largest absolute Gasteiger partial charge is 0.389 e. The van der Waals surface area contributed by atoms with E-state index in [0.717, 1.165) is 24.2 Å². The summed E-state index contributed by atoms with van der Waals surface area (Å²) in [7, 11) is 0. The van der Waals surface area contributed by atoms with Crippen LogP contribution in [-0.2, 0) is 0 Å². The summed E-state index contributed by atoms with van der Waals surface area (Å²) in [5.41, 5.74) is -1.50. The molecule has 212 valence electrons. The topological polar surface area (TPSA) is 107 Å². The fraction of sp³-hybridized carbons (Fsp3) is 0.630. The van der Waals surface area contributed by atoms with E-state index in [-0.39, 0.29) is 44.7 Å². The third-order valence-electron chi connectivity index (χ3n) is 5.73. The fourth-order valence-corrected chi connectivity index (χ4v) is 4.79. The summed E-state index contributed by atoms with van der Waals surface area (Å²) in [6.07, 6.45) is 0.148. The number of likely N-dealkylation sites (tertiary alicyclic amines) is 1. The number of anilines is 1. The Labute approximate surface area is 228 Å². The number of aromatic nitrogens is 2. The summed E-state index contributed by atoms with van der Waals surface area (Å²) >= 11 is 0.869. The van der Waals surface area contributed by atoms with Crippen molar-refractivity contribution in [2.75, 3.05) is 25.0 Å². The first-order chi connectivity index (χ1) is 17.7. The van der Waals surface area contributed by atoms with Crippen molar-refractivity contribution in [3.63, 3.8) is 0 Å². The van der Waals surface area contributed by atoms with Crippen molar-refractivity contribution < 1.29 is 23.5 Å². The van der Waals surface area contributed by atoms with Crippen LogP contribution in [0, 0.1) is 5.41 Å². The Morgan fingerprint density at radius 1 is 1.21 bits per heavy atom. The zero-order valence-electron chi connectivity index (χ0n) is 23.6. The lowest BCUT2D eigenvalue weighted by atomic mass is 9.97. The zero-order chi connectivity index (χ0) is 28.8. The van der Waals surface area contributed by atoms with Gasteiger partial charge in [-0.3, -0.25) is 9.59 Å². The monoisotopic (exact) mass is 553 g/mol. The van der Waals surface area contributed by atoms with Crippen molar-refractivity contribution in [3.8, 4) is 10.4 Å². The van der Waals surface area contributed by atoms with E-state index >= 15 is 0 Å². The van der Waals surface area contributed by atoms with E-state index in [0.29, 0.717) is 18.9 Å². The molecule has 1 atom stereocenters. The predicted molar refractivity (Wildman–Crippen MR) is 148 cm³/mol. The number of rotatable bonds is 8. The summed E-state index contributed by atoms with van der Waals surface area (Å²) in [6, 6.07) is 1.27. The van der Waals surface area contributed by atoms with Crippen molar-refractivity contribution in [2.24, 2.45) is 5.41 Å². The first-order valence-corrected chi connectivity index (χ1v) is 13.8. The van der Waals surface area contributed by atoms with E-state index in [1.165, 1.54) is 12.3 Å². The van der Waals surface area contributed by atoms with Gasteiger partial charge >= 0.3 is 0 Å². The van der Waals surface area contributed by atoms with Crippen LogP contribution in [0.2, 0.25) is 0 Å². The molecular weight excluding hydrogens is 512 g/mol. The Morgan fingerprint density at radius 2 is 1.87 bits per heavy atom. The van der Waals surface area contributed by atoms with Crippen molar-refractivity contribution >= 4 is 29.0 Å². The predicted octanol–water partition coefficient (Wildman–Crippen LogP) is 5.75. The summed E-state index contributed by atoms with van der Waals surface area (Å²) in [5, 5.41) is 15.6. The molecule has 8 nitrogen and oxygen atoms in total. The molecule has 0 bridgehead atoms. The molecule has 11 heteroatoms. The highest BCUT2D eigenvalue weighted by Crippen LogP contribution is 2.39. The maximum atomic E-state index is 14.2. The third kappa shape index (κ3) is 8.42. The van der Waals surface area contributed by atoms with Gasteiger partial charge in [-0.1, -0.05) is 34.6 Å². The highest BCUT2D eigenvalue weighted by Gasteiger charge is 2.33. The Hall–Kier alpha value is -2.66. The summed E-state index contributed by atoms with van der Waals surface area (Å²) in [4.78, 5) is 36.7. The normalized spacial score (nSPS) is 15.8. The van der Waals surface area contributed by atoms with Crippen LogP contribution in [0.5, 0.6) is 0 Å². The van der Waals surface area contributed by atoms with Crippen LogP contribution in [0.15, 0.2) is 12.3 Å². The van der Waals surface area contributed by atoms with Crippen molar-refractivity contribution in [3.05, 3.63) is 28.5 Å². The Balaban J connectivity index is 0.00000247. The van der Waals surface area contributed by atoms with Gasteiger partial charge in [-0.2, -0.15) is 0 Å². The summed E-state index contributed by atoms with van der Waals surface area (Å²) in [6.45, 7) is 16.1. The van der Waals surface area contributed by atoms with Gasteiger partial charge in [0.25, 0.3) is 18.2 Å².